The molecule has 128 valence electrons. The second-order valence-corrected chi connectivity index (χ2v) is 7.32. The lowest BCUT2D eigenvalue weighted by molar-refractivity contribution is -0.162. The molecule has 0 bridgehead atoms. The van der Waals surface area contributed by atoms with Gasteiger partial charge in [-0.2, -0.15) is 0 Å². The Morgan fingerprint density at radius 3 is 2.55 bits per heavy atom. The fraction of sp³-hybridized carbons (Fsp3) is 0.842. The molecule has 0 spiro atoms. The number of hydrogen-bond acceptors (Lipinski definition) is 3. The molecule has 1 saturated heterocycles. The molecular weight excluding hydrogens is 276 g/mol. The number of allylic oxidation sites excluding steroid dienone is 1. The predicted molar refractivity (Wildman–Crippen MR) is 90.7 cm³/mol. The summed E-state index contributed by atoms with van der Waals surface area (Å²) in [5.74, 6) is 1.37. The van der Waals surface area contributed by atoms with Gasteiger partial charge in [-0.15, -0.1) is 6.58 Å². The maximum atomic E-state index is 12.3. The Morgan fingerprint density at radius 2 is 2.00 bits per heavy atom. The zero-order valence-electron chi connectivity index (χ0n) is 14.9. The lowest BCUT2D eigenvalue weighted by Gasteiger charge is -2.40. The van der Waals surface area contributed by atoms with Crippen LogP contribution in [0.25, 0.3) is 0 Å². The Labute approximate surface area is 136 Å². The van der Waals surface area contributed by atoms with Crippen molar-refractivity contribution in [1.82, 2.24) is 0 Å². The van der Waals surface area contributed by atoms with E-state index in [1.165, 1.54) is 0 Å². The number of aliphatic hydroxyl groups excluding tert-OH is 1. The van der Waals surface area contributed by atoms with E-state index in [0.717, 1.165) is 12.8 Å². The van der Waals surface area contributed by atoms with Crippen molar-refractivity contribution < 1.29 is 14.6 Å². The van der Waals surface area contributed by atoms with Crippen LogP contribution in [0, 0.1) is 23.7 Å². The largest absolute Gasteiger partial charge is 0.390 e. The second-order valence-electron chi connectivity index (χ2n) is 7.32. The Hall–Kier alpha value is -0.670. The first-order valence-corrected chi connectivity index (χ1v) is 8.77. The molecule has 0 aromatic carbocycles. The number of ether oxygens (including phenoxy) is 1. The number of carbonyl (C=O) groups excluding carboxylic acids is 1. The van der Waals surface area contributed by atoms with Crippen molar-refractivity contribution in [2.75, 3.05) is 0 Å². The van der Waals surface area contributed by atoms with Crippen molar-refractivity contribution in [3.05, 3.63) is 12.7 Å². The Morgan fingerprint density at radius 1 is 1.36 bits per heavy atom. The number of hydrogen-bond donors (Lipinski definition) is 1. The van der Waals surface area contributed by atoms with Crippen LogP contribution in [0.3, 0.4) is 0 Å². The van der Waals surface area contributed by atoms with Gasteiger partial charge >= 0.3 is 0 Å². The van der Waals surface area contributed by atoms with Gasteiger partial charge in [0, 0.05) is 12.8 Å². The van der Waals surface area contributed by atoms with E-state index in [1.54, 1.807) is 0 Å². The molecule has 0 saturated carbocycles. The average molecular weight is 310 g/mol. The van der Waals surface area contributed by atoms with Gasteiger partial charge in [0.2, 0.25) is 0 Å². The van der Waals surface area contributed by atoms with Gasteiger partial charge in [-0.05, 0) is 36.5 Å². The molecule has 7 atom stereocenters. The van der Waals surface area contributed by atoms with Crippen LogP contribution in [0.5, 0.6) is 0 Å². The van der Waals surface area contributed by atoms with E-state index >= 15 is 0 Å². The molecule has 1 heterocycles. The molecule has 0 unspecified atom stereocenters. The lowest BCUT2D eigenvalue weighted by Crippen LogP contribution is -2.46. The molecule has 1 fully saturated rings. The molecule has 1 N–H and O–H groups in total. The van der Waals surface area contributed by atoms with E-state index in [2.05, 4.69) is 34.3 Å². The molecular formula is C19H34O3. The summed E-state index contributed by atoms with van der Waals surface area (Å²) in [7, 11) is 0. The van der Waals surface area contributed by atoms with Crippen molar-refractivity contribution >= 4 is 5.78 Å². The van der Waals surface area contributed by atoms with Crippen molar-refractivity contribution in [2.45, 2.75) is 78.6 Å². The second kappa shape index (κ2) is 8.83. The fourth-order valence-corrected chi connectivity index (χ4v) is 3.44. The predicted octanol–water partition coefficient (Wildman–Crippen LogP) is 3.99. The first-order valence-electron chi connectivity index (χ1n) is 8.77. The maximum absolute atomic E-state index is 12.3. The first kappa shape index (κ1) is 19.4. The van der Waals surface area contributed by atoms with Crippen LogP contribution in [0.1, 0.15) is 60.3 Å². The van der Waals surface area contributed by atoms with Gasteiger partial charge < -0.3 is 9.84 Å². The highest BCUT2D eigenvalue weighted by Crippen LogP contribution is 2.32. The van der Waals surface area contributed by atoms with Gasteiger partial charge in [-0.25, -0.2) is 0 Å². The Kier molecular flexibility index (Phi) is 7.78. The van der Waals surface area contributed by atoms with Crippen LogP contribution in [0.4, 0.5) is 0 Å². The van der Waals surface area contributed by atoms with Crippen LogP contribution in [-0.2, 0) is 9.53 Å². The third-order valence-electron chi connectivity index (χ3n) is 5.29. The topological polar surface area (TPSA) is 46.5 Å². The molecule has 0 radical (unpaired) electrons. The number of aliphatic hydroxyl groups is 1. The van der Waals surface area contributed by atoms with E-state index in [9.17, 15) is 9.90 Å². The van der Waals surface area contributed by atoms with Crippen LogP contribution in [0.15, 0.2) is 12.7 Å². The van der Waals surface area contributed by atoms with Crippen molar-refractivity contribution in [3.8, 4) is 0 Å². The molecule has 1 aliphatic rings. The summed E-state index contributed by atoms with van der Waals surface area (Å²) in [6, 6.07) is 0. The Bertz CT molecular complexity index is 366. The number of carbonyl (C=O) groups is 1. The van der Waals surface area contributed by atoms with Crippen molar-refractivity contribution in [1.29, 1.82) is 0 Å². The summed E-state index contributed by atoms with van der Waals surface area (Å²) in [4.78, 5) is 12.3. The quantitative estimate of drug-likeness (QED) is 0.689. The van der Waals surface area contributed by atoms with E-state index in [1.807, 2.05) is 13.0 Å². The Balaban J connectivity index is 2.54. The third kappa shape index (κ3) is 5.20. The molecule has 3 nitrogen and oxygen atoms in total. The van der Waals surface area contributed by atoms with Gasteiger partial charge in [0.25, 0.3) is 0 Å². The fourth-order valence-electron chi connectivity index (χ4n) is 3.44. The van der Waals surface area contributed by atoms with Gasteiger partial charge in [0.1, 0.15) is 5.78 Å². The van der Waals surface area contributed by atoms with Crippen LogP contribution in [0.2, 0.25) is 0 Å². The smallest absolute Gasteiger partial charge is 0.133 e. The third-order valence-corrected chi connectivity index (χ3v) is 5.29. The number of Topliss-reactive ketones (excluding diaryl/α,β-unsaturated/α-hetero) is 1. The zero-order chi connectivity index (χ0) is 16.9. The van der Waals surface area contributed by atoms with E-state index in [-0.39, 0.29) is 23.9 Å². The van der Waals surface area contributed by atoms with Gasteiger partial charge in [0.05, 0.1) is 18.3 Å². The maximum Gasteiger partial charge on any atom is 0.133 e. The minimum Gasteiger partial charge on any atom is -0.390 e. The molecule has 0 amide bonds. The highest BCUT2D eigenvalue weighted by atomic mass is 16.5. The van der Waals surface area contributed by atoms with Gasteiger partial charge in [-0.3, -0.25) is 4.79 Å². The molecule has 1 rings (SSSR count). The van der Waals surface area contributed by atoms with Crippen LogP contribution >= 0.6 is 0 Å². The highest BCUT2D eigenvalue weighted by molar-refractivity contribution is 5.78. The minimum absolute atomic E-state index is 0.0651. The monoisotopic (exact) mass is 310 g/mol. The van der Waals surface area contributed by atoms with Crippen molar-refractivity contribution in [2.24, 2.45) is 23.7 Å². The number of ketones is 1. The SMILES string of the molecule is C=C[C@@H](C)[C@@H](C)CC(=O)C[C@H](C)[C@@H]1O[C@H](CC)[C@H](C)C[C@@H]1O. The normalized spacial score (nSPS) is 33.0. The standard InChI is InChI=1S/C19H34O3/c1-7-12(3)13(4)9-16(20)10-15(6)19-17(21)11-14(5)18(8-2)22-19/h7,12-15,17-19,21H,1,8-11H2,2-6H3/t12-,13+,14-,15+,17+,18-,19+/m1/s1. The highest BCUT2D eigenvalue weighted by Gasteiger charge is 2.37. The molecule has 1 aliphatic heterocycles. The summed E-state index contributed by atoms with van der Waals surface area (Å²) in [5, 5.41) is 10.3. The van der Waals surface area contributed by atoms with Gasteiger partial charge in [0.15, 0.2) is 0 Å². The molecule has 3 heteroatoms. The zero-order valence-corrected chi connectivity index (χ0v) is 14.9. The summed E-state index contributed by atoms with van der Waals surface area (Å²) in [6.07, 6.45) is 4.23. The lowest BCUT2D eigenvalue weighted by atomic mass is 9.82. The summed E-state index contributed by atoms with van der Waals surface area (Å²) >= 11 is 0. The van der Waals surface area contributed by atoms with Crippen LogP contribution in [-0.4, -0.2) is 29.2 Å². The number of rotatable bonds is 8. The van der Waals surface area contributed by atoms with E-state index < -0.39 is 6.10 Å². The summed E-state index contributed by atoms with van der Waals surface area (Å²) in [6.45, 7) is 14.2. The molecule has 0 aliphatic carbocycles. The average Bonchev–Trinajstić information content (AvgIpc) is 2.45. The van der Waals surface area contributed by atoms with Gasteiger partial charge in [-0.1, -0.05) is 40.7 Å². The molecule has 0 aromatic rings. The molecule has 0 aromatic heterocycles. The first-order chi connectivity index (χ1) is 10.3. The summed E-state index contributed by atoms with van der Waals surface area (Å²) in [5.41, 5.74) is 0. The molecule has 22 heavy (non-hydrogen) atoms. The van der Waals surface area contributed by atoms with Crippen LogP contribution < -0.4 is 0 Å². The van der Waals surface area contributed by atoms with E-state index in [0.29, 0.717) is 30.6 Å². The minimum atomic E-state index is -0.454. The van der Waals surface area contributed by atoms with E-state index in [4.69, 9.17) is 4.74 Å². The summed E-state index contributed by atoms with van der Waals surface area (Å²) < 4.78 is 6.08. The van der Waals surface area contributed by atoms with Crippen molar-refractivity contribution in [3.63, 3.8) is 0 Å².